The Bertz CT molecular complexity index is 521. The van der Waals surface area contributed by atoms with Gasteiger partial charge in [0.05, 0.1) is 4.90 Å². The van der Waals surface area contributed by atoms with Crippen molar-refractivity contribution in [3.8, 4) is 0 Å². The molecule has 1 N–H and O–H groups in total. The van der Waals surface area contributed by atoms with Crippen molar-refractivity contribution in [1.82, 2.24) is 9.62 Å². The minimum Gasteiger partial charge on any atom is -0.310 e. The topological polar surface area (TPSA) is 49.4 Å². The minimum absolute atomic E-state index is 0.328. The third-order valence-electron chi connectivity index (χ3n) is 2.96. The van der Waals surface area contributed by atoms with Gasteiger partial charge in [0.1, 0.15) is 0 Å². The smallest absolute Gasteiger partial charge is 0.243 e. The second-order valence-corrected chi connectivity index (χ2v) is 6.86. The molecule has 0 aliphatic heterocycles. The second-order valence-electron chi connectivity index (χ2n) is 4.92. The SMILES string of the molecule is C=CCN(CC)S(=O)(=O)c1ccc(CNC(C)C)cc1. The van der Waals surface area contributed by atoms with Crippen molar-refractivity contribution in [2.24, 2.45) is 0 Å². The lowest BCUT2D eigenvalue weighted by atomic mass is 10.2. The summed E-state index contributed by atoms with van der Waals surface area (Å²) in [4.78, 5) is 0.328. The number of likely N-dealkylation sites (N-methyl/N-ethyl adjacent to an activating group) is 1. The van der Waals surface area contributed by atoms with Crippen LogP contribution >= 0.6 is 0 Å². The predicted octanol–water partition coefficient (Wildman–Crippen LogP) is 2.38. The molecule has 0 spiro atoms. The van der Waals surface area contributed by atoms with E-state index in [2.05, 4.69) is 25.7 Å². The van der Waals surface area contributed by atoms with Crippen LogP contribution in [0.1, 0.15) is 26.3 Å². The summed E-state index contributed by atoms with van der Waals surface area (Å²) in [5.41, 5.74) is 1.07. The van der Waals surface area contributed by atoms with Crippen molar-refractivity contribution in [1.29, 1.82) is 0 Å². The predicted molar refractivity (Wildman–Crippen MR) is 83.0 cm³/mol. The molecule has 1 aromatic carbocycles. The molecule has 0 aliphatic rings. The summed E-state index contributed by atoms with van der Waals surface area (Å²) in [6.07, 6.45) is 1.60. The van der Waals surface area contributed by atoms with Gasteiger partial charge in [0.15, 0.2) is 0 Å². The molecule has 0 heterocycles. The Morgan fingerprint density at radius 2 is 1.90 bits per heavy atom. The molecule has 1 aromatic rings. The second kappa shape index (κ2) is 7.57. The molecule has 20 heavy (non-hydrogen) atoms. The molecule has 1 rings (SSSR count). The summed E-state index contributed by atoms with van der Waals surface area (Å²) in [7, 11) is -3.42. The van der Waals surface area contributed by atoms with E-state index in [0.29, 0.717) is 24.0 Å². The summed E-state index contributed by atoms with van der Waals surface area (Å²) in [6, 6.07) is 7.44. The van der Waals surface area contributed by atoms with Crippen molar-refractivity contribution < 1.29 is 8.42 Å². The highest BCUT2D eigenvalue weighted by Crippen LogP contribution is 2.16. The fraction of sp³-hybridized carbons (Fsp3) is 0.467. The third kappa shape index (κ3) is 4.44. The van der Waals surface area contributed by atoms with E-state index < -0.39 is 10.0 Å². The summed E-state index contributed by atoms with van der Waals surface area (Å²) in [6.45, 7) is 11.1. The molecule has 0 atom stereocenters. The molecule has 0 saturated heterocycles. The van der Waals surface area contributed by atoms with Crippen LogP contribution in [0, 0.1) is 0 Å². The maximum Gasteiger partial charge on any atom is 0.243 e. The van der Waals surface area contributed by atoms with Gasteiger partial charge in [-0.3, -0.25) is 0 Å². The lowest BCUT2D eigenvalue weighted by molar-refractivity contribution is 0.460. The molecular weight excluding hydrogens is 272 g/mol. The van der Waals surface area contributed by atoms with Gasteiger partial charge in [-0.15, -0.1) is 6.58 Å². The van der Waals surface area contributed by atoms with Gasteiger partial charge in [0.2, 0.25) is 10.0 Å². The fourth-order valence-corrected chi connectivity index (χ4v) is 3.21. The first kappa shape index (κ1) is 16.9. The van der Waals surface area contributed by atoms with E-state index in [1.54, 1.807) is 18.2 Å². The van der Waals surface area contributed by atoms with Crippen molar-refractivity contribution in [2.45, 2.75) is 38.3 Å². The first-order valence-electron chi connectivity index (χ1n) is 6.85. The van der Waals surface area contributed by atoms with Crippen LogP contribution in [0.3, 0.4) is 0 Å². The first-order valence-corrected chi connectivity index (χ1v) is 8.29. The average molecular weight is 296 g/mol. The number of sulfonamides is 1. The number of rotatable bonds is 8. The van der Waals surface area contributed by atoms with E-state index >= 15 is 0 Å². The number of nitrogens with one attached hydrogen (secondary N) is 1. The zero-order chi connectivity index (χ0) is 15.2. The highest BCUT2D eigenvalue weighted by atomic mass is 32.2. The van der Waals surface area contributed by atoms with Crippen LogP contribution in [0.2, 0.25) is 0 Å². The molecule has 0 radical (unpaired) electrons. The lowest BCUT2D eigenvalue weighted by Gasteiger charge is -2.19. The largest absolute Gasteiger partial charge is 0.310 e. The lowest BCUT2D eigenvalue weighted by Crippen LogP contribution is -2.31. The highest BCUT2D eigenvalue weighted by Gasteiger charge is 2.21. The van der Waals surface area contributed by atoms with Gasteiger partial charge < -0.3 is 5.32 Å². The quantitative estimate of drug-likeness (QED) is 0.749. The molecule has 0 unspecified atom stereocenters. The highest BCUT2D eigenvalue weighted by molar-refractivity contribution is 7.89. The van der Waals surface area contributed by atoms with Gasteiger partial charge in [-0.1, -0.05) is 39.0 Å². The summed E-state index contributed by atoms with van der Waals surface area (Å²) in [5.74, 6) is 0. The van der Waals surface area contributed by atoms with E-state index in [0.717, 1.165) is 12.1 Å². The number of hydrogen-bond acceptors (Lipinski definition) is 3. The molecule has 0 bridgehead atoms. The summed E-state index contributed by atoms with van der Waals surface area (Å²) < 4.78 is 26.2. The van der Waals surface area contributed by atoms with E-state index in [1.165, 1.54) is 4.31 Å². The van der Waals surface area contributed by atoms with Crippen LogP contribution in [-0.4, -0.2) is 31.9 Å². The Morgan fingerprint density at radius 1 is 1.30 bits per heavy atom. The number of benzene rings is 1. The van der Waals surface area contributed by atoms with Crippen LogP contribution in [0.4, 0.5) is 0 Å². The molecule has 0 aromatic heterocycles. The Labute approximate surface area is 122 Å². The van der Waals surface area contributed by atoms with Gasteiger partial charge in [-0.25, -0.2) is 8.42 Å². The van der Waals surface area contributed by atoms with Gasteiger partial charge in [0.25, 0.3) is 0 Å². The Kier molecular flexibility index (Phi) is 6.39. The van der Waals surface area contributed by atoms with Gasteiger partial charge in [0, 0.05) is 25.7 Å². The van der Waals surface area contributed by atoms with Crippen LogP contribution in [0.15, 0.2) is 41.8 Å². The van der Waals surface area contributed by atoms with Crippen molar-refractivity contribution in [3.05, 3.63) is 42.5 Å². The van der Waals surface area contributed by atoms with Gasteiger partial charge in [-0.2, -0.15) is 4.31 Å². The molecule has 0 aliphatic carbocycles. The van der Waals surface area contributed by atoms with Gasteiger partial charge in [-0.05, 0) is 17.7 Å². The molecule has 0 saturated carbocycles. The van der Waals surface area contributed by atoms with Crippen molar-refractivity contribution in [3.63, 3.8) is 0 Å². The van der Waals surface area contributed by atoms with Crippen LogP contribution in [0.25, 0.3) is 0 Å². The minimum atomic E-state index is -3.42. The standard InChI is InChI=1S/C15H24N2O2S/c1-5-11-17(6-2)20(18,19)15-9-7-14(8-10-15)12-16-13(3)4/h5,7-10,13,16H,1,6,11-12H2,2-4H3. The van der Waals surface area contributed by atoms with E-state index in [1.807, 2.05) is 19.1 Å². The van der Waals surface area contributed by atoms with E-state index in [9.17, 15) is 8.42 Å². The number of hydrogen-bond donors (Lipinski definition) is 1. The molecule has 112 valence electrons. The Balaban J connectivity index is 2.88. The summed E-state index contributed by atoms with van der Waals surface area (Å²) >= 11 is 0. The third-order valence-corrected chi connectivity index (χ3v) is 4.92. The number of nitrogens with zero attached hydrogens (tertiary/aromatic N) is 1. The first-order chi connectivity index (χ1) is 9.41. The molecular formula is C15H24N2O2S. The van der Waals surface area contributed by atoms with Crippen LogP contribution < -0.4 is 5.32 Å². The Hall–Kier alpha value is -1.17. The van der Waals surface area contributed by atoms with Crippen LogP contribution in [-0.2, 0) is 16.6 Å². The normalized spacial score (nSPS) is 12.1. The van der Waals surface area contributed by atoms with E-state index in [4.69, 9.17) is 0 Å². The van der Waals surface area contributed by atoms with Crippen LogP contribution in [0.5, 0.6) is 0 Å². The monoisotopic (exact) mass is 296 g/mol. The summed E-state index contributed by atoms with van der Waals surface area (Å²) in [5, 5.41) is 3.30. The average Bonchev–Trinajstić information content (AvgIpc) is 2.42. The maximum atomic E-state index is 12.4. The van der Waals surface area contributed by atoms with E-state index in [-0.39, 0.29) is 0 Å². The zero-order valence-electron chi connectivity index (χ0n) is 12.5. The fourth-order valence-electron chi connectivity index (χ4n) is 1.79. The molecule has 5 heteroatoms. The molecule has 0 fully saturated rings. The zero-order valence-corrected chi connectivity index (χ0v) is 13.3. The Morgan fingerprint density at radius 3 is 2.35 bits per heavy atom. The molecule has 4 nitrogen and oxygen atoms in total. The molecule has 0 amide bonds. The van der Waals surface area contributed by atoms with Crippen molar-refractivity contribution in [2.75, 3.05) is 13.1 Å². The van der Waals surface area contributed by atoms with Crippen molar-refractivity contribution >= 4 is 10.0 Å². The maximum absolute atomic E-state index is 12.4. The van der Waals surface area contributed by atoms with Gasteiger partial charge >= 0.3 is 0 Å².